The largest absolute Gasteiger partial charge is 0.493 e. The van der Waals surface area contributed by atoms with E-state index in [0.29, 0.717) is 13.0 Å². The van der Waals surface area contributed by atoms with Crippen LogP contribution in [-0.4, -0.2) is 17.8 Å². The van der Waals surface area contributed by atoms with Gasteiger partial charge in [0.2, 0.25) is 0 Å². The zero-order valence-electron chi connectivity index (χ0n) is 19.3. The first-order chi connectivity index (χ1) is 15.1. The summed E-state index contributed by atoms with van der Waals surface area (Å²) in [4.78, 5) is 0. The van der Waals surface area contributed by atoms with Crippen LogP contribution in [-0.2, 0) is 6.42 Å². The fraction of sp³-hybridized carbons (Fsp3) is 0.536. The number of nitrogens with zero attached hydrogens (tertiary/aromatic N) is 1. The van der Waals surface area contributed by atoms with Gasteiger partial charge in [0.25, 0.3) is 0 Å². The summed E-state index contributed by atoms with van der Waals surface area (Å²) in [6.45, 7) is 7.07. The Morgan fingerprint density at radius 2 is 1.71 bits per heavy atom. The lowest BCUT2D eigenvalue weighted by Gasteiger charge is -2.25. The number of aliphatic hydroxyl groups is 1. The number of hydrogen-bond acceptors (Lipinski definition) is 3. The summed E-state index contributed by atoms with van der Waals surface area (Å²) in [5.41, 5.74) is 4.68. The fourth-order valence-electron chi connectivity index (χ4n) is 4.90. The van der Waals surface area contributed by atoms with Gasteiger partial charge < -0.3 is 9.84 Å². The maximum Gasteiger partial charge on any atom is 0.122 e. The normalized spacial score (nSPS) is 22.9. The van der Waals surface area contributed by atoms with Crippen LogP contribution in [0.25, 0.3) is 0 Å². The average molecular weight is 420 g/mol. The third kappa shape index (κ3) is 5.69. The van der Waals surface area contributed by atoms with Gasteiger partial charge in [-0.25, -0.2) is 0 Å². The molecule has 0 bridgehead atoms. The minimum absolute atomic E-state index is 0.0278. The lowest BCUT2D eigenvalue weighted by molar-refractivity contribution is 0.159. The number of hydrogen-bond donors (Lipinski definition) is 1. The molecule has 31 heavy (non-hydrogen) atoms. The number of ether oxygens (including phenoxy) is 1. The van der Waals surface area contributed by atoms with Gasteiger partial charge in [-0.1, -0.05) is 69.5 Å². The van der Waals surface area contributed by atoms with E-state index in [1.165, 1.54) is 31.2 Å². The third-order valence-corrected chi connectivity index (χ3v) is 6.64. The predicted molar refractivity (Wildman–Crippen MR) is 126 cm³/mol. The lowest BCUT2D eigenvalue weighted by Crippen LogP contribution is -2.17. The standard InChI is InChI=1S/C28H37NO2/c1-4-6-7-8-9-21-11-14-22(15-12-21)28-25(30)17-24(19-29)27(28)23-13-10-20(3)26(18-23)31-16-5-2/h10-15,18,24-25,27-28,30H,4-9,16-17H2,1-3H3/t24-,25+,27?,28?/m0/s1. The number of rotatable bonds is 10. The molecule has 0 aromatic heterocycles. The van der Waals surface area contributed by atoms with E-state index in [2.05, 4.69) is 69.3 Å². The second-order valence-corrected chi connectivity index (χ2v) is 9.02. The van der Waals surface area contributed by atoms with Crippen molar-refractivity contribution in [1.82, 2.24) is 0 Å². The predicted octanol–water partition coefficient (Wildman–Crippen LogP) is 6.68. The smallest absolute Gasteiger partial charge is 0.122 e. The van der Waals surface area contributed by atoms with Gasteiger partial charge in [-0.15, -0.1) is 0 Å². The molecule has 1 aliphatic carbocycles. The quantitative estimate of drug-likeness (QED) is 0.437. The van der Waals surface area contributed by atoms with Gasteiger partial charge in [0.05, 0.1) is 24.7 Å². The summed E-state index contributed by atoms with van der Waals surface area (Å²) in [5, 5.41) is 20.8. The first-order valence-corrected chi connectivity index (χ1v) is 12.0. The van der Waals surface area contributed by atoms with E-state index < -0.39 is 6.10 Å². The minimum Gasteiger partial charge on any atom is -0.493 e. The van der Waals surface area contributed by atoms with Crippen LogP contribution in [0.1, 0.15) is 86.5 Å². The topological polar surface area (TPSA) is 53.2 Å². The number of benzene rings is 2. The molecule has 4 atom stereocenters. The Bertz CT molecular complexity index is 868. The van der Waals surface area contributed by atoms with Gasteiger partial charge in [-0.2, -0.15) is 5.26 Å². The second kappa shape index (κ2) is 11.3. The van der Waals surface area contributed by atoms with Gasteiger partial charge >= 0.3 is 0 Å². The molecule has 1 saturated carbocycles. The number of nitriles is 1. The molecular formula is C28H37NO2. The van der Waals surface area contributed by atoms with E-state index in [1.807, 2.05) is 0 Å². The van der Waals surface area contributed by atoms with Crippen molar-refractivity contribution in [3.8, 4) is 11.8 Å². The molecule has 0 aliphatic heterocycles. The van der Waals surface area contributed by atoms with E-state index in [0.717, 1.165) is 35.3 Å². The first kappa shape index (κ1) is 23.4. The van der Waals surface area contributed by atoms with E-state index in [4.69, 9.17) is 4.74 Å². The molecule has 3 rings (SSSR count). The van der Waals surface area contributed by atoms with Crippen LogP contribution < -0.4 is 4.74 Å². The van der Waals surface area contributed by atoms with Crippen molar-refractivity contribution in [3.63, 3.8) is 0 Å². The third-order valence-electron chi connectivity index (χ3n) is 6.64. The Labute approximate surface area is 188 Å². The van der Waals surface area contributed by atoms with Crippen LogP contribution in [0.5, 0.6) is 5.75 Å². The molecule has 1 N–H and O–H groups in total. The zero-order valence-corrected chi connectivity index (χ0v) is 19.3. The van der Waals surface area contributed by atoms with Crippen LogP contribution in [0.15, 0.2) is 42.5 Å². The van der Waals surface area contributed by atoms with Crippen molar-refractivity contribution in [3.05, 3.63) is 64.7 Å². The Hall–Kier alpha value is -2.31. The monoisotopic (exact) mass is 419 g/mol. The molecule has 2 aromatic carbocycles. The number of aliphatic hydroxyl groups excluding tert-OH is 1. The highest BCUT2D eigenvalue weighted by Crippen LogP contribution is 2.50. The molecule has 166 valence electrons. The maximum absolute atomic E-state index is 10.9. The van der Waals surface area contributed by atoms with E-state index in [9.17, 15) is 10.4 Å². The van der Waals surface area contributed by atoms with E-state index in [-0.39, 0.29) is 17.8 Å². The Kier molecular flexibility index (Phi) is 8.55. The number of unbranched alkanes of at least 4 members (excludes halogenated alkanes) is 3. The van der Waals surface area contributed by atoms with Crippen molar-refractivity contribution >= 4 is 0 Å². The Morgan fingerprint density at radius 3 is 2.39 bits per heavy atom. The molecule has 0 heterocycles. The molecule has 2 aromatic rings. The van der Waals surface area contributed by atoms with Crippen LogP contribution >= 0.6 is 0 Å². The summed E-state index contributed by atoms with van der Waals surface area (Å²) in [7, 11) is 0. The Balaban J connectivity index is 1.84. The highest BCUT2D eigenvalue weighted by molar-refractivity contribution is 5.42. The van der Waals surface area contributed by atoms with Crippen molar-refractivity contribution in [1.29, 1.82) is 5.26 Å². The van der Waals surface area contributed by atoms with Gasteiger partial charge in [0.1, 0.15) is 5.75 Å². The van der Waals surface area contributed by atoms with Crippen LogP contribution in [0.2, 0.25) is 0 Å². The highest BCUT2D eigenvalue weighted by Gasteiger charge is 2.44. The minimum atomic E-state index is -0.508. The average Bonchev–Trinajstić information content (AvgIpc) is 3.13. The molecule has 0 radical (unpaired) electrons. The van der Waals surface area contributed by atoms with Crippen molar-refractivity contribution < 1.29 is 9.84 Å². The molecule has 1 fully saturated rings. The lowest BCUT2D eigenvalue weighted by atomic mass is 9.79. The molecule has 1 aliphatic rings. The second-order valence-electron chi connectivity index (χ2n) is 9.02. The molecular weight excluding hydrogens is 382 g/mol. The van der Waals surface area contributed by atoms with Crippen LogP contribution in [0.3, 0.4) is 0 Å². The molecule has 3 nitrogen and oxygen atoms in total. The molecule has 0 amide bonds. The molecule has 2 unspecified atom stereocenters. The van der Waals surface area contributed by atoms with E-state index >= 15 is 0 Å². The van der Waals surface area contributed by atoms with Gasteiger partial charge in [0, 0.05) is 11.8 Å². The summed E-state index contributed by atoms with van der Waals surface area (Å²) in [5.74, 6) is 0.592. The zero-order chi connectivity index (χ0) is 22.2. The van der Waals surface area contributed by atoms with Gasteiger partial charge in [-0.3, -0.25) is 0 Å². The van der Waals surface area contributed by atoms with Crippen molar-refractivity contribution in [2.24, 2.45) is 5.92 Å². The van der Waals surface area contributed by atoms with Gasteiger partial charge in [0.15, 0.2) is 0 Å². The molecule has 3 heteroatoms. The maximum atomic E-state index is 10.9. The van der Waals surface area contributed by atoms with Crippen LogP contribution in [0, 0.1) is 24.2 Å². The first-order valence-electron chi connectivity index (χ1n) is 12.0. The van der Waals surface area contributed by atoms with Crippen molar-refractivity contribution in [2.75, 3.05) is 6.61 Å². The van der Waals surface area contributed by atoms with E-state index in [1.54, 1.807) is 0 Å². The Morgan fingerprint density at radius 1 is 0.968 bits per heavy atom. The summed E-state index contributed by atoms with van der Waals surface area (Å²) >= 11 is 0. The number of aryl methyl sites for hydroxylation is 2. The van der Waals surface area contributed by atoms with Crippen molar-refractivity contribution in [2.45, 2.75) is 83.7 Å². The molecule has 0 saturated heterocycles. The summed E-state index contributed by atoms with van der Waals surface area (Å²) in [6, 6.07) is 17.5. The highest BCUT2D eigenvalue weighted by atomic mass is 16.5. The summed E-state index contributed by atoms with van der Waals surface area (Å²) < 4.78 is 5.95. The molecule has 0 spiro atoms. The van der Waals surface area contributed by atoms with Crippen LogP contribution in [0.4, 0.5) is 0 Å². The summed E-state index contributed by atoms with van der Waals surface area (Å²) in [6.07, 6.45) is 7.13. The fourth-order valence-corrected chi connectivity index (χ4v) is 4.90. The SMILES string of the molecule is CCCCCCc1ccc(C2C(c3ccc(C)c(OCCC)c3)[C@H](C#N)C[C@H]2O)cc1. The van der Waals surface area contributed by atoms with Gasteiger partial charge in [-0.05, 0) is 60.9 Å².